The summed E-state index contributed by atoms with van der Waals surface area (Å²) in [7, 11) is 0. The van der Waals surface area contributed by atoms with Gasteiger partial charge in [-0.3, -0.25) is 4.90 Å². The molecule has 26 heavy (non-hydrogen) atoms. The Balaban J connectivity index is 1.61. The van der Waals surface area contributed by atoms with E-state index >= 15 is 0 Å². The second-order valence-corrected chi connectivity index (χ2v) is 8.97. The molecule has 1 saturated heterocycles. The van der Waals surface area contributed by atoms with Crippen LogP contribution in [0.15, 0.2) is 18.2 Å². The Labute approximate surface area is 165 Å². The highest BCUT2D eigenvalue weighted by atomic mass is 32.2. The lowest BCUT2D eigenvalue weighted by Crippen LogP contribution is -2.29. The summed E-state index contributed by atoms with van der Waals surface area (Å²) in [6, 6.07) is 6.33. The summed E-state index contributed by atoms with van der Waals surface area (Å²) in [5.41, 5.74) is 2.25. The van der Waals surface area contributed by atoms with E-state index in [2.05, 4.69) is 41.8 Å². The number of thioether (sulfide) groups is 1. The van der Waals surface area contributed by atoms with Crippen LogP contribution in [-0.2, 0) is 13.0 Å². The molecule has 0 aromatic heterocycles. The summed E-state index contributed by atoms with van der Waals surface area (Å²) in [5, 5.41) is 10.6. The van der Waals surface area contributed by atoms with Gasteiger partial charge in [0.15, 0.2) is 0 Å². The first-order valence-corrected chi connectivity index (χ1v) is 12.1. The number of hydrogen-bond donors (Lipinski definition) is 1. The molecular formula is C23H39NOS. The van der Waals surface area contributed by atoms with Crippen molar-refractivity contribution in [1.82, 2.24) is 4.90 Å². The molecule has 1 aliphatic rings. The Kier molecular flexibility index (Phi) is 11.2. The number of rotatable bonds is 13. The van der Waals surface area contributed by atoms with Crippen molar-refractivity contribution < 1.29 is 5.11 Å². The van der Waals surface area contributed by atoms with E-state index in [9.17, 15) is 5.11 Å². The molecule has 2 nitrogen and oxygen atoms in total. The number of hydrogen-bond acceptors (Lipinski definition) is 3. The number of para-hydroxylation sites is 1. The average Bonchev–Trinajstić information content (AvgIpc) is 2.67. The molecule has 1 heterocycles. The number of likely N-dealkylation sites (tertiary alicyclic amines) is 1. The fraction of sp³-hybridized carbons (Fsp3) is 0.739. The lowest BCUT2D eigenvalue weighted by atomic mass is 10.0. The predicted octanol–water partition coefficient (Wildman–Crippen LogP) is 6.40. The van der Waals surface area contributed by atoms with E-state index in [0.29, 0.717) is 5.75 Å². The molecule has 1 aromatic rings. The van der Waals surface area contributed by atoms with Crippen molar-refractivity contribution in [2.24, 2.45) is 0 Å². The minimum atomic E-state index is 0.555. The summed E-state index contributed by atoms with van der Waals surface area (Å²) >= 11 is 2.08. The third kappa shape index (κ3) is 8.35. The second-order valence-electron chi connectivity index (χ2n) is 7.75. The average molecular weight is 378 g/mol. The SMILES string of the molecule is CCCCCCCCSCCCc1cccc(CN2CCCCC2)c1O. The second kappa shape index (κ2) is 13.5. The van der Waals surface area contributed by atoms with Gasteiger partial charge in [-0.1, -0.05) is 63.6 Å². The molecule has 1 N–H and O–H groups in total. The first kappa shape index (κ1) is 21.6. The van der Waals surface area contributed by atoms with Gasteiger partial charge >= 0.3 is 0 Å². The zero-order valence-corrected chi connectivity index (χ0v) is 17.7. The van der Waals surface area contributed by atoms with Crippen LogP contribution in [0.1, 0.15) is 82.3 Å². The largest absolute Gasteiger partial charge is 0.507 e. The van der Waals surface area contributed by atoms with Gasteiger partial charge in [0.05, 0.1) is 0 Å². The van der Waals surface area contributed by atoms with Gasteiger partial charge in [0, 0.05) is 12.1 Å². The van der Waals surface area contributed by atoms with Gasteiger partial charge in [0.2, 0.25) is 0 Å². The van der Waals surface area contributed by atoms with Gasteiger partial charge in [0.25, 0.3) is 0 Å². The molecule has 0 amide bonds. The molecule has 1 aromatic carbocycles. The standard InChI is InChI=1S/C23H39NOS/c1-2-3-4-5-6-10-18-26-19-12-15-21-13-11-14-22(23(21)25)20-24-16-8-7-9-17-24/h11,13-14,25H,2-10,12,15-20H2,1H3. The maximum Gasteiger partial charge on any atom is 0.123 e. The van der Waals surface area contributed by atoms with Crippen molar-refractivity contribution in [3.05, 3.63) is 29.3 Å². The first-order valence-electron chi connectivity index (χ1n) is 10.9. The highest BCUT2D eigenvalue weighted by Gasteiger charge is 2.14. The van der Waals surface area contributed by atoms with Crippen LogP contribution in [0, 0.1) is 0 Å². The summed E-state index contributed by atoms with van der Waals surface area (Å²) in [6.45, 7) is 5.54. The molecule has 0 radical (unpaired) electrons. The molecule has 0 bridgehead atoms. The maximum atomic E-state index is 10.6. The van der Waals surface area contributed by atoms with Crippen LogP contribution in [0.4, 0.5) is 0 Å². The summed E-state index contributed by atoms with van der Waals surface area (Å²) in [5.74, 6) is 3.07. The Morgan fingerprint density at radius 2 is 1.58 bits per heavy atom. The van der Waals surface area contributed by atoms with E-state index in [1.54, 1.807) is 0 Å². The molecule has 1 aliphatic heterocycles. The quantitative estimate of drug-likeness (QED) is 0.402. The van der Waals surface area contributed by atoms with Crippen LogP contribution in [0.3, 0.4) is 0 Å². The third-order valence-corrected chi connectivity index (χ3v) is 6.58. The van der Waals surface area contributed by atoms with Gasteiger partial charge in [-0.15, -0.1) is 0 Å². The number of benzene rings is 1. The Morgan fingerprint density at radius 3 is 2.38 bits per heavy atom. The van der Waals surface area contributed by atoms with Crippen LogP contribution >= 0.6 is 11.8 Å². The van der Waals surface area contributed by atoms with Crippen molar-refractivity contribution in [3.8, 4) is 5.75 Å². The Morgan fingerprint density at radius 1 is 0.885 bits per heavy atom. The van der Waals surface area contributed by atoms with Crippen molar-refractivity contribution in [1.29, 1.82) is 0 Å². The van der Waals surface area contributed by atoms with Crippen LogP contribution in [-0.4, -0.2) is 34.6 Å². The van der Waals surface area contributed by atoms with E-state index in [-0.39, 0.29) is 0 Å². The van der Waals surface area contributed by atoms with E-state index in [1.807, 2.05) is 0 Å². The van der Waals surface area contributed by atoms with E-state index in [0.717, 1.165) is 24.1 Å². The van der Waals surface area contributed by atoms with Gasteiger partial charge in [-0.2, -0.15) is 11.8 Å². The summed E-state index contributed by atoms with van der Waals surface area (Å²) < 4.78 is 0. The number of aryl methyl sites for hydroxylation is 1. The topological polar surface area (TPSA) is 23.5 Å². The normalized spacial score (nSPS) is 15.4. The molecule has 0 aliphatic carbocycles. The Hall–Kier alpha value is -0.670. The van der Waals surface area contributed by atoms with Gasteiger partial charge in [-0.05, 0) is 62.3 Å². The molecule has 2 rings (SSSR count). The minimum absolute atomic E-state index is 0.555. The van der Waals surface area contributed by atoms with Crippen LogP contribution < -0.4 is 0 Å². The van der Waals surface area contributed by atoms with Crippen molar-refractivity contribution in [2.75, 3.05) is 24.6 Å². The Bertz CT molecular complexity index is 485. The van der Waals surface area contributed by atoms with Crippen molar-refractivity contribution in [3.63, 3.8) is 0 Å². The van der Waals surface area contributed by atoms with Gasteiger partial charge in [0.1, 0.15) is 5.75 Å². The zero-order valence-electron chi connectivity index (χ0n) is 16.8. The monoisotopic (exact) mass is 377 g/mol. The van der Waals surface area contributed by atoms with Gasteiger partial charge < -0.3 is 5.11 Å². The fourth-order valence-corrected chi connectivity index (χ4v) is 4.74. The van der Waals surface area contributed by atoms with Crippen molar-refractivity contribution >= 4 is 11.8 Å². The number of phenolic OH excluding ortho intramolecular Hbond substituents is 1. The van der Waals surface area contributed by atoms with E-state index in [1.165, 1.54) is 88.8 Å². The van der Waals surface area contributed by atoms with Crippen LogP contribution in [0.2, 0.25) is 0 Å². The number of phenols is 1. The first-order chi connectivity index (χ1) is 12.8. The lowest BCUT2D eigenvalue weighted by Gasteiger charge is -2.27. The molecule has 0 atom stereocenters. The molecule has 0 spiro atoms. The van der Waals surface area contributed by atoms with Gasteiger partial charge in [-0.25, -0.2) is 0 Å². The van der Waals surface area contributed by atoms with E-state index in [4.69, 9.17) is 0 Å². The lowest BCUT2D eigenvalue weighted by molar-refractivity contribution is 0.218. The highest BCUT2D eigenvalue weighted by Crippen LogP contribution is 2.26. The molecule has 1 fully saturated rings. The smallest absolute Gasteiger partial charge is 0.123 e. The molecular weight excluding hydrogens is 338 g/mol. The van der Waals surface area contributed by atoms with Crippen LogP contribution in [0.25, 0.3) is 0 Å². The molecule has 0 saturated carbocycles. The van der Waals surface area contributed by atoms with Crippen LogP contribution in [0.5, 0.6) is 5.75 Å². The summed E-state index contributed by atoms with van der Waals surface area (Å²) in [6.07, 6.45) is 14.4. The van der Waals surface area contributed by atoms with E-state index < -0.39 is 0 Å². The summed E-state index contributed by atoms with van der Waals surface area (Å²) in [4.78, 5) is 2.48. The highest BCUT2D eigenvalue weighted by molar-refractivity contribution is 7.99. The third-order valence-electron chi connectivity index (χ3n) is 5.42. The maximum absolute atomic E-state index is 10.6. The number of piperidine rings is 1. The molecule has 3 heteroatoms. The fourth-order valence-electron chi connectivity index (χ4n) is 3.78. The zero-order chi connectivity index (χ0) is 18.5. The molecule has 148 valence electrons. The van der Waals surface area contributed by atoms with Crippen molar-refractivity contribution in [2.45, 2.75) is 84.1 Å². The number of unbranched alkanes of at least 4 members (excludes halogenated alkanes) is 5. The molecule has 0 unspecified atom stereocenters. The number of aromatic hydroxyl groups is 1. The predicted molar refractivity (Wildman–Crippen MR) is 116 cm³/mol. The number of nitrogens with zero attached hydrogens (tertiary/aromatic N) is 1. The minimum Gasteiger partial charge on any atom is -0.507 e.